The fourth-order valence-corrected chi connectivity index (χ4v) is 3.16. The standard InChI is InChI=1S/C17H9NO3.CH3I/c19-16-11-4-2-1-3-10(11)14-13-9(5-6-18-15(13)16)7-12-17(14)21-8-20-12;1-2/h1-7H,8H2;1H3. The molecule has 1 aliphatic heterocycles. The van der Waals surface area contributed by atoms with E-state index in [0.717, 1.165) is 27.6 Å². The second kappa shape index (κ2) is 5.49. The number of rotatable bonds is 0. The molecular weight excluding hydrogens is 405 g/mol. The molecule has 5 heteroatoms. The first kappa shape index (κ1) is 14.4. The molecule has 23 heavy (non-hydrogen) atoms. The molecule has 0 saturated carbocycles. The number of halogens is 1. The van der Waals surface area contributed by atoms with Crippen molar-refractivity contribution in [1.82, 2.24) is 4.98 Å². The van der Waals surface area contributed by atoms with Gasteiger partial charge in [-0.3, -0.25) is 9.78 Å². The molecule has 0 fully saturated rings. The Kier molecular flexibility index (Phi) is 3.45. The number of aromatic nitrogens is 1. The minimum absolute atomic E-state index is 0.0393. The number of pyridine rings is 1. The zero-order chi connectivity index (χ0) is 16.0. The van der Waals surface area contributed by atoms with Crippen molar-refractivity contribution >= 4 is 39.1 Å². The molecule has 0 spiro atoms. The summed E-state index contributed by atoms with van der Waals surface area (Å²) in [5, 5.41) is 1.80. The van der Waals surface area contributed by atoms with Crippen molar-refractivity contribution in [3.63, 3.8) is 0 Å². The molecule has 0 saturated heterocycles. The van der Waals surface area contributed by atoms with E-state index in [0.29, 0.717) is 17.0 Å². The van der Waals surface area contributed by atoms with Crippen LogP contribution in [0.5, 0.6) is 11.5 Å². The minimum Gasteiger partial charge on any atom is -0.454 e. The molecule has 0 radical (unpaired) electrons. The zero-order valence-corrected chi connectivity index (χ0v) is 14.5. The summed E-state index contributed by atoms with van der Waals surface area (Å²) >= 11 is 2.15. The highest BCUT2D eigenvalue weighted by molar-refractivity contribution is 14.1. The number of ether oxygens (including phenoxy) is 2. The van der Waals surface area contributed by atoms with Gasteiger partial charge in [-0.2, -0.15) is 0 Å². The quantitative estimate of drug-likeness (QED) is 0.318. The number of carbonyl (C=O) groups is 1. The monoisotopic (exact) mass is 417 g/mol. The molecular formula is C18H12INO3. The Morgan fingerprint density at radius 1 is 1.09 bits per heavy atom. The average molecular weight is 417 g/mol. The zero-order valence-electron chi connectivity index (χ0n) is 12.3. The first-order valence-corrected chi connectivity index (χ1v) is 9.23. The van der Waals surface area contributed by atoms with E-state index >= 15 is 0 Å². The molecule has 3 aromatic rings. The van der Waals surface area contributed by atoms with E-state index in [4.69, 9.17) is 9.47 Å². The molecule has 2 aromatic carbocycles. The van der Waals surface area contributed by atoms with Crippen LogP contribution in [0.25, 0.3) is 21.9 Å². The number of carbonyl (C=O) groups excluding carboxylic acids is 1. The van der Waals surface area contributed by atoms with Crippen LogP contribution in [-0.4, -0.2) is 22.5 Å². The molecule has 2 heterocycles. The second-order valence-electron chi connectivity index (χ2n) is 5.12. The van der Waals surface area contributed by atoms with Gasteiger partial charge in [0.25, 0.3) is 0 Å². The molecule has 1 aromatic heterocycles. The lowest BCUT2D eigenvalue weighted by Crippen LogP contribution is -2.12. The fraction of sp³-hybridized carbons (Fsp3) is 0.111. The predicted molar refractivity (Wildman–Crippen MR) is 96.7 cm³/mol. The van der Waals surface area contributed by atoms with Crippen LogP contribution in [0, 0.1) is 0 Å². The Balaban J connectivity index is 0.000000652. The molecule has 0 amide bonds. The largest absolute Gasteiger partial charge is 0.454 e. The number of ketones is 1. The van der Waals surface area contributed by atoms with E-state index in [-0.39, 0.29) is 12.6 Å². The maximum absolute atomic E-state index is 12.7. The summed E-state index contributed by atoms with van der Waals surface area (Å²) in [6.45, 7) is 0.206. The molecule has 1 aliphatic carbocycles. The van der Waals surface area contributed by atoms with E-state index in [9.17, 15) is 4.79 Å². The Bertz CT molecular complexity index is 952. The first-order valence-electron chi connectivity index (χ1n) is 7.08. The number of hydrogen-bond acceptors (Lipinski definition) is 4. The van der Waals surface area contributed by atoms with Crippen LogP contribution >= 0.6 is 22.6 Å². The van der Waals surface area contributed by atoms with Gasteiger partial charge in [-0.25, -0.2) is 0 Å². The number of benzene rings is 2. The Labute approximate surface area is 146 Å². The van der Waals surface area contributed by atoms with Gasteiger partial charge in [0.2, 0.25) is 12.6 Å². The number of fused-ring (bicyclic) bond motifs is 4. The topological polar surface area (TPSA) is 48.4 Å². The number of hydrogen-bond donors (Lipinski definition) is 0. The van der Waals surface area contributed by atoms with Gasteiger partial charge in [-0.05, 0) is 28.0 Å². The summed E-state index contributed by atoms with van der Waals surface area (Å²) in [7, 11) is 0. The van der Waals surface area contributed by atoms with Crippen molar-refractivity contribution in [2.75, 3.05) is 11.7 Å². The molecule has 114 valence electrons. The van der Waals surface area contributed by atoms with Crippen LogP contribution in [0.1, 0.15) is 16.1 Å². The molecule has 4 nitrogen and oxygen atoms in total. The van der Waals surface area contributed by atoms with Crippen LogP contribution < -0.4 is 9.47 Å². The van der Waals surface area contributed by atoms with Gasteiger partial charge < -0.3 is 9.47 Å². The van der Waals surface area contributed by atoms with Gasteiger partial charge in [-0.15, -0.1) is 0 Å². The SMILES string of the molecule is CI.O=C1c2ccccc2-c2c3c(cc4ccnc1c24)OCO3. The Hall–Kier alpha value is -2.15. The smallest absolute Gasteiger partial charge is 0.231 e. The third kappa shape index (κ3) is 1.96. The van der Waals surface area contributed by atoms with E-state index in [2.05, 4.69) is 27.6 Å². The van der Waals surface area contributed by atoms with Crippen molar-refractivity contribution in [2.45, 2.75) is 0 Å². The second-order valence-corrected chi connectivity index (χ2v) is 5.12. The highest BCUT2D eigenvalue weighted by atomic mass is 127. The highest BCUT2D eigenvalue weighted by Gasteiger charge is 2.32. The van der Waals surface area contributed by atoms with Crippen LogP contribution in [0.2, 0.25) is 0 Å². The molecule has 2 aliphatic rings. The van der Waals surface area contributed by atoms with Crippen LogP contribution in [0.3, 0.4) is 0 Å². The van der Waals surface area contributed by atoms with Crippen molar-refractivity contribution in [3.05, 3.63) is 53.9 Å². The summed E-state index contributed by atoms with van der Waals surface area (Å²) in [5.41, 5.74) is 2.95. The summed E-state index contributed by atoms with van der Waals surface area (Å²) in [5.74, 6) is 1.39. The molecule has 0 bridgehead atoms. The van der Waals surface area contributed by atoms with E-state index < -0.39 is 0 Å². The first-order chi connectivity index (χ1) is 11.3. The van der Waals surface area contributed by atoms with Gasteiger partial charge in [0, 0.05) is 22.7 Å². The summed E-state index contributed by atoms with van der Waals surface area (Å²) in [6, 6.07) is 11.4. The van der Waals surface area contributed by atoms with Crippen molar-refractivity contribution < 1.29 is 14.3 Å². The third-order valence-electron chi connectivity index (χ3n) is 4.04. The summed E-state index contributed by atoms with van der Waals surface area (Å²) in [4.78, 5) is 18.9. The van der Waals surface area contributed by atoms with E-state index in [1.165, 1.54) is 0 Å². The highest BCUT2D eigenvalue weighted by Crippen LogP contribution is 2.50. The third-order valence-corrected chi connectivity index (χ3v) is 4.04. The number of alkyl halides is 1. The lowest BCUT2D eigenvalue weighted by atomic mass is 9.84. The normalized spacial score (nSPS) is 13.4. The Morgan fingerprint density at radius 2 is 1.87 bits per heavy atom. The van der Waals surface area contributed by atoms with Gasteiger partial charge >= 0.3 is 0 Å². The molecule has 0 N–H and O–H groups in total. The van der Waals surface area contributed by atoms with Crippen LogP contribution in [0.4, 0.5) is 0 Å². The van der Waals surface area contributed by atoms with Gasteiger partial charge in [-0.1, -0.05) is 46.9 Å². The van der Waals surface area contributed by atoms with Crippen molar-refractivity contribution in [1.29, 1.82) is 0 Å². The maximum atomic E-state index is 12.7. The molecule has 0 atom stereocenters. The van der Waals surface area contributed by atoms with Crippen molar-refractivity contribution in [3.8, 4) is 22.6 Å². The summed E-state index contributed by atoms with van der Waals surface area (Å²) in [6.07, 6.45) is 1.66. The molecule has 5 rings (SSSR count). The average Bonchev–Trinajstić information content (AvgIpc) is 3.08. The number of nitrogens with zero attached hydrogens (tertiary/aromatic N) is 1. The van der Waals surface area contributed by atoms with Crippen LogP contribution in [-0.2, 0) is 0 Å². The predicted octanol–water partition coefficient (Wildman–Crippen LogP) is 4.23. The Morgan fingerprint density at radius 3 is 2.70 bits per heavy atom. The van der Waals surface area contributed by atoms with Crippen LogP contribution in [0.15, 0.2) is 42.6 Å². The van der Waals surface area contributed by atoms with Gasteiger partial charge in [0.05, 0.1) is 0 Å². The lowest BCUT2D eigenvalue weighted by Gasteiger charge is -2.20. The van der Waals surface area contributed by atoms with Crippen molar-refractivity contribution in [2.24, 2.45) is 0 Å². The summed E-state index contributed by atoms with van der Waals surface area (Å²) < 4.78 is 11.2. The molecule has 0 unspecified atom stereocenters. The van der Waals surface area contributed by atoms with Gasteiger partial charge in [0.1, 0.15) is 5.69 Å². The van der Waals surface area contributed by atoms with E-state index in [1.807, 2.05) is 41.3 Å². The minimum atomic E-state index is -0.0393. The van der Waals surface area contributed by atoms with E-state index in [1.54, 1.807) is 6.20 Å². The fourth-order valence-electron chi connectivity index (χ4n) is 3.16. The van der Waals surface area contributed by atoms with Gasteiger partial charge in [0.15, 0.2) is 11.5 Å². The lowest BCUT2D eigenvalue weighted by molar-refractivity contribution is 0.103. The maximum Gasteiger partial charge on any atom is 0.231 e.